The van der Waals surface area contributed by atoms with Crippen LogP contribution in [0.25, 0.3) is 11.0 Å². The number of carbonyl (C=O) groups is 1. The smallest absolute Gasteiger partial charge is 0.287 e. The Labute approximate surface area is 112 Å². The Balaban J connectivity index is 2.36. The van der Waals surface area contributed by atoms with E-state index in [0.717, 1.165) is 0 Å². The van der Waals surface area contributed by atoms with E-state index in [1.165, 1.54) is 18.2 Å². The molecule has 2 rings (SSSR count). The number of hydrogen-bond donors (Lipinski definition) is 1. The number of rotatable bonds is 3. The molecule has 0 saturated heterocycles. The van der Waals surface area contributed by atoms with E-state index < -0.39 is 0 Å². The minimum atomic E-state index is -0.354. The molecule has 1 heterocycles. The summed E-state index contributed by atoms with van der Waals surface area (Å²) in [5.74, 6) is -0.499. The van der Waals surface area contributed by atoms with Gasteiger partial charge in [0.1, 0.15) is 11.4 Å². The summed E-state index contributed by atoms with van der Waals surface area (Å²) in [7, 11) is 0. The summed E-state index contributed by atoms with van der Waals surface area (Å²) in [6, 6.07) is 4.17. The van der Waals surface area contributed by atoms with Crippen molar-refractivity contribution < 1.29 is 13.6 Å². The summed E-state index contributed by atoms with van der Waals surface area (Å²) in [6.45, 7) is 5.65. The Hall–Kier alpha value is -1.62. The molecule has 0 aliphatic carbocycles. The highest BCUT2D eigenvalue weighted by atomic mass is 79.9. The molecule has 1 N–H and O–H groups in total. The maximum Gasteiger partial charge on any atom is 0.287 e. The number of furan rings is 1. The van der Waals surface area contributed by atoms with E-state index in [0.29, 0.717) is 27.6 Å². The molecule has 1 amide bonds. The molecule has 1 aromatic heterocycles. The third-order valence-corrected chi connectivity index (χ3v) is 2.83. The molecule has 94 valence electrons. The minimum absolute atomic E-state index is 0.198. The van der Waals surface area contributed by atoms with Crippen molar-refractivity contribution >= 4 is 32.8 Å². The SMILES string of the molecule is C=C(Br)CNC(=O)c1oc2ccc(F)cc2c1C. The van der Waals surface area contributed by atoms with Crippen LogP contribution in [-0.4, -0.2) is 12.5 Å². The molecule has 3 nitrogen and oxygen atoms in total. The van der Waals surface area contributed by atoms with Crippen molar-refractivity contribution in [1.29, 1.82) is 0 Å². The summed E-state index contributed by atoms with van der Waals surface area (Å²) < 4.78 is 19.2. The van der Waals surface area contributed by atoms with E-state index in [2.05, 4.69) is 27.8 Å². The lowest BCUT2D eigenvalue weighted by atomic mass is 10.1. The van der Waals surface area contributed by atoms with Gasteiger partial charge >= 0.3 is 0 Å². The Morgan fingerprint density at radius 3 is 2.94 bits per heavy atom. The van der Waals surface area contributed by atoms with Gasteiger partial charge in [0.2, 0.25) is 0 Å². The maximum atomic E-state index is 13.1. The van der Waals surface area contributed by atoms with E-state index in [-0.39, 0.29) is 17.5 Å². The fraction of sp³-hybridized carbons (Fsp3) is 0.154. The van der Waals surface area contributed by atoms with E-state index in [1.807, 2.05) is 0 Å². The van der Waals surface area contributed by atoms with E-state index in [4.69, 9.17) is 4.42 Å². The molecular weight excluding hydrogens is 301 g/mol. The second kappa shape index (κ2) is 4.94. The second-order valence-corrected chi connectivity index (χ2v) is 5.02. The fourth-order valence-corrected chi connectivity index (χ4v) is 1.81. The van der Waals surface area contributed by atoms with E-state index in [1.54, 1.807) is 6.92 Å². The van der Waals surface area contributed by atoms with Crippen molar-refractivity contribution in [1.82, 2.24) is 5.32 Å². The number of nitrogens with one attached hydrogen (secondary N) is 1. The molecule has 0 aliphatic heterocycles. The third kappa shape index (κ3) is 2.46. The van der Waals surface area contributed by atoms with Gasteiger partial charge in [0, 0.05) is 22.0 Å². The average molecular weight is 312 g/mol. The monoisotopic (exact) mass is 311 g/mol. The van der Waals surface area contributed by atoms with Crippen LogP contribution in [0.4, 0.5) is 4.39 Å². The summed E-state index contributed by atoms with van der Waals surface area (Å²) in [6.07, 6.45) is 0. The number of hydrogen-bond acceptors (Lipinski definition) is 2. The van der Waals surface area contributed by atoms with Crippen LogP contribution in [0.5, 0.6) is 0 Å². The molecule has 1 aromatic carbocycles. The molecule has 0 spiro atoms. The molecule has 0 aliphatic rings. The summed E-state index contributed by atoms with van der Waals surface area (Å²) in [5.41, 5.74) is 1.12. The lowest BCUT2D eigenvalue weighted by Crippen LogP contribution is -2.24. The van der Waals surface area contributed by atoms with Gasteiger partial charge in [-0.05, 0) is 25.1 Å². The van der Waals surface area contributed by atoms with Gasteiger partial charge in [0.25, 0.3) is 5.91 Å². The molecular formula is C13H11BrFNO2. The van der Waals surface area contributed by atoms with Crippen molar-refractivity contribution in [2.45, 2.75) is 6.92 Å². The first kappa shape index (κ1) is 12.8. The predicted octanol–water partition coefficient (Wildman–Crippen LogP) is 3.52. The highest BCUT2D eigenvalue weighted by molar-refractivity contribution is 9.11. The Kier molecular flexibility index (Phi) is 3.52. The lowest BCUT2D eigenvalue weighted by Gasteiger charge is -2.01. The minimum Gasteiger partial charge on any atom is -0.451 e. The van der Waals surface area contributed by atoms with Gasteiger partial charge in [-0.2, -0.15) is 0 Å². The van der Waals surface area contributed by atoms with Gasteiger partial charge in [-0.15, -0.1) is 0 Å². The van der Waals surface area contributed by atoms with Crippen molar-refractivity contribution in [2.24, 2.45) is 0 Å². The van der Waals surface area contributed by atoms with Gasteiger partial charge in [-0.3, -0.25) is 4.79 Å². The molecule has 0 saturated carbocycles. The van der Waals surface area contributed by atoms with Gasteiger partial charge in [0.05, 0.1) is 0 Å². The fourth-order valence-electron chi connectivity index (χ4n) is 1.67. The predicted molar refractivity (Wildman–Crippen MR) is 71.3 cm³/mol. The number of amides is 1. The molecule has 0 radical (unpaired) electrons. The van der Waals surface area contributed by atoms with Crippen LogP contribution in [0.15, 0.2) is 33.7 Å². The van der Waals surface area contributed by atoms with E-state index >= 15 is 0 Å². The number of halogens is 2. The van der Waals surface area contributed by atoms with Crippen LogP contribution in [0.3, 0.4) is 0 Å². The summed E-state index contributed by atoms with van der Waals surface area (Å²) >= 11 is 3.15. The molecule has 2 aromatic rings. The van der Waals surface area contributed by atoms with Crippen molar-refractivity contribution in [3.05, 3.63) is 46.4 Å². The summed E-state index contributed by atoms with van der Waals surface area (Å²) in [4.78, 5) is 11.9. The summed E-state index contributed by atoms with van der Waals surface area (Å²) in [5, 5.41) is 3.25. The Morgan fingerprint density at radius 1 is 1.56 bits per heavy atom. The quantitative estimate of drug-likeness (QED) is 0.942. The zero-order valence-electron chi connectivity index (χ0n) is 9.72. The van der Waals surface area contributed by atoms with Crippen LogP contribution in [0, 0.1) is 12.7 Å². The Bertz CT molecular complexity index is 633. The first-order valence-electron chi connectivity index (χ1n) is 5.29. The third-order valence-electron chi connectivity index (χ3n) is 2.55. The molecule has 18 heavy (non-hydrogen) atoms. The first-order valence-corrected chi connectivity index (χ1v) is 6.08. The first-order chi connectivity index (χ1) is 8.49. The van der Waals surface area contributed by atoms with Crippen LogP contribution in [0.1, 0.15) is 16.1 Å². The zero-order chi connectivity index (χ0) is 13.3. The maximum absolute atomic E-state index is 13.1. The number of benzene rings is 1. The van der Waals surface area contributed by atoms with Gasteiger partial charge in [-0.25, -0.2) is 4.39 Å². The molecule has 5 heteroatoms. The molecule has 0 unspecified atom stereocenters. The van der Waals surface area contributed by atoms with Gasteiger partial charge in [-0.1, -0.05) is 22.5 Å². The molecule has 0 atom stereocenters. The van der Waals surface area contributed by atoms with Crippen LogP contribution in [-0.2, 0) is 0 Å². The van der Waals surface area contributed by atoms with Gasteiger partial charge in [0.15, 0.2) is 5.76 Å². The zero-order valence-corrected chi connectivity index (χ0v) is 11.3. The van der Waals surface area contributed by atoms with Crippen molar-refractivity contribution in [3.63, 3.8) is 0 Å². The highest BCUT2D eigenvalue weighted by Gasteiger charge is 2.17. The van der Waals surface area contributed by atoms with Crippen LogP contribution >= 0.6 is 15.9 Å². The van der Waals surface area contributed by atoms with Crippen molar-refractivity contribution in [2.75, 3.05) is 6.54 Å². The highest BCUT2D eigenvalue weighted by Crippen LogP contribution is 2.25. The average Bonchev–Trinajstić information content (AvgIpc) is 2.64. The standard InChI is InChI=1S/C13H11BrFNO2/c1-7(14)6-16-13(17)12-8(2)10-5-9(15)3-4-11(10)18-12/h3-5H,1,6H2,2H3,(H,16,17). The van der Waals surface area contributed by atoms with Gasteiger partial charge < -0.3 is 9.73 Å². The Morgan fingerprint density at radius 2 is 2.28 bits per heavy atom. The number of fused-ring (bicyclic) bond motifs is 1. The van der Waals surface area contributed by atoms with Crippen molar-refractivity contribution in [3.8, 4) is 0 Å². The molecule has 0 bridgehead atoms. The molecule has 0 fully saturated rings. The normalized spacial score (nSPS) is 10.6. The van der Waals surface area contributed by atoms with Crippen LogP contribution in [0.2, 0.25) is 0 Å². The second-order valence-electron chi connectivity index (χ2n) is 3.90. The van der Waals surface area contributed by atoms with Crippen LogP contribution < -0.4 is 5.32 Å². The largest absolute Gasteiger partial charge is 0.451 e. The number of carbonyl (C=O) groups excluding carboxylic acids is 1. The van der Waals surface area contributed by atoms with E-state index in [9.17, 15) is 9.18 Å². The lowest BCUT2D eigenvalue weighted by molar-refractivity contribution is 0.0931. The number of aryl methyl sites for hydroxylation is 1. The topological polar surface area (TPSA) is 42.2 Å².